The monoisotopic (exact) mass is 607 g/mol. The molecule has 210 valence electrons. The van der Waals surface area contributed by atoms with Crippen LogP contribution in [0.3, 0.4) is 0 Å². The molecule has 0 bridgehead atoms. The van der Waals surface area contributed by atoms with Crippen LogP contribution in [0.5, 0.6) is 0 Å². The molecule has 8 aromatic carbocycles. The predicted octanol–water partition coefficient (Wildman–Crippen LogP) is 13.4. The van der Waals surface area contributed by atoms with E-state index in [-0.39, 0.29) is 0 Å². The highest BCUT2D eigenvalue weighted by Crippen LogP contribution is 2.47. The summed E-state index contributed by atoms with van der Waals surface area (Å²) < 4.78 is 5.26. The summed E-state index contributed by atoms with van der Waals surface area (Å²) in [4.78, 5) is 2.49. The van der Waals surface area contributed by atoms with Gasteiger partial charge in [0.05, 0.1) is 5.69 Å². The summed E-state index contributed by atoms with van der Waals surface area (Å²) >= 11 is 3.74. The maximum atomic E-state index is 2.49. The van der Waals surface area contributed by atoms with Crippen LogP contribution in [0.15, 0.2) is 152 Å². The fraction of sp³-hybridized carbons (Fsp3) is 0. The first-order valence-electron chi connectivity index (χ1n) is 15.3. The van der Waals surface area contributed by atoms with Crippen molar-refractivity contribution in [1.29, 1.82) is 0 Å². The molecular weight excluding hydrogens is 583 g/mol. The number of anilines is 3. The number of hydrogen-bond donors (Lipinski definition) is 0. The summed E-state index contributed by atoms with van der Waals surface area (Å²) in [5.74, 6) is 0. The van der Waals surface area contributed by atoms with Gasteiger partial charge in [0.1, 0.15) is 0 Å². The summed E-state index contributed by atoms with van der Waals surface area (Å²) in [6, 6.07) is 56.1. The normalized spacial score (nSPS) is 12.0. The molecule has 0 radical (unpaired) electrons. The highest BCUT2D eigenvalue weighted by Gasteiger charge is 2.20. The fourth-order valence-corrected chi connectivity index (χ4v) is 9.39. The van der Waals surface area contributed by atoms with Crippen LogP contribution in [0, 0.1) is 0 Å². The Morgan fingerprint density at radius 1 is 0.311 bits per heavy atom. The lowest BCUT2D eigenvalue weighted by Gasteiger charge is -2.28. The largest absolute Gasteiger partial charge is 0.310 e. The molecule has 45 heavy (non-hydrogen) atoms. The number of fused-ring (bicyclic) bond motifs is 11. The Kier molecular flexibility index (Phi) is 5.39. The van der Waals surface area contributed by atoms with Gasteiger partial charge in [-0.05, 0) is 75.5 Å². The van der Waals surface area contributed by atoms with Crippen molar-refractivity contribution in [3.8, 4) is 0 Å². The molecule has 0 aliphatic heterocycles. The Labute approximate surface area is 267 Å². The summed E-state index contributed by atoms with van der Waals surface area (Å²) in [6.45, 7) is 0. The molecule has 0 atom stereocenters. The van der Waals surface area contributed by atoms with E-state index in [2.05, 4.69) is 157 Å². The van der Waals surface area contributed by atoms with Crippen LogP contribution < -0.4 is 4.90 Å². The second kappa shape index (κ2) is 9.64. The predicted molar refractivity (Wildman–Crippen MR) is 199 cm³/mol. The molecule has 0 saturated carbocycles. The molecule has 3 heteroatoms. The zero-order valence-corrected chi connectivity index (χ0v) is 25.8. The number of hydrogen-bond acceptors (Lipinski definition) is 3. The van der Waals surface area contributed by atoms with Crippen LogP contribution in [0.4, 0.5) is 17.1 Å². The average molecular weight is 608 g/mol. The summed E-state index contributed by atoms with van der Waals surface area (Å²) in [5, 5.41) is 12.9. The Balaban J connectivity index is 1.32. The second-order valence-corrected chi connectivity index (χ2v) is 13.9. The first-order chi connectivity index (χ1) is 22.3. The summed E-state index contributed by atoms with van der Waals surface area (Å²) in [5.41, 5.74) is 3.52. The lowest BCUT2D eigenvalue weighted by atomic mass is 9.95. The molecule has 0 N–H and O–H groups in total. The molecule has 2 aromatic heterocycles. The first-order valence-corrected chi connectivity index (χ1v) is 16.9. The van der Waals surface area contributed by atoms with E-state index < -0.39 is 0 Å². The smallest absolute Gasteiger partial charge is 0.0546 e. The quantitative estimate of drug-likeness (QED) is 0.181. The zero-order chi connectivity index (χ0) is 29.5. The van der Waals surface area contributed by atoms with Crippen molar-refractivity contribution < 1.29 is 0 Å². The third kappa shape index (κ3) is 3.78. The third-order valence-electron chi connectivity index (χ3n) is 9.22. The lowest BCUT2D eigenvalue weighted by molar-refractivity contribution is 1.32. The van der Waals surface area contributed by atoms with Gasteiger partial charge in [0.2, 0.25) is 0 Å². The molecular formula is C42H25NS2. The van der Waals surface area contributed by atoms with E-state index >= 15 is 0 Å². The highest BCUT2D eigenvalue weighted by atomic mass is 32.1. The van der Waals surface area contributed by atoms with Gasteiger partial charge >= 0.3 is 0 Å². The van der Waals surface area contributed by atoms with Gasteiger partial charge in [0.15, 0.2) is 0 Å². The van der Waals surface area contributed by atoms with Gasteiger partial charge in [-0.3, -0.25) is 0 Å². The van der Waals surface area contributed by atoms with Crippen molar-refractivity contribution in [2.24, 2.45) is 0 Å². The Bertz CT molecular complexity index is 2780. The minimum atomic E-state index is 1.16. The molecule has 1 nitrogen and oxygen atoms in total. The van der Waals surface area contributed by atoms with Crippen molar-refractivity contribution in [1.82, 2.24) is 0 Å². The van der Waals surface area contributed by atoms with Crippen molar-refractivity contribution in [3.63, 3.8) is 0 Å². The molecule has 2 heterocycles. The number of nitrogens with zero attached hydrogens (tertiary/aromatic N) is 1. The maximum absolute atomic E-state index is 2.49. The van der Waals surface area contributed by atoms with Crippen LogP contribution >= 0.6 is 22.7 Å². The number of rotatable bonds is 3. The van der Waals surface area contributed by atoms with Gasteiger partial charge in [-0.1, -0.05) is 103 Å². The average Bonchev–Trinajstić information content (AvgIpc) is 3.66. The molecule has 0 unspecified atom stereocenters. The fourth-order valence-electron chi connectivity index (χ4n) is 7.16. The molecule has 0 fully saturated rings. The van der Waals surface area contributed by atoms with Crippen molar-refractivity contribution >= 4 is 112 Å². The first kappa shape index (κ1) is 25.1. The molecule has 0 saturated heterocycles. The second-order valence-electron chi connectivity index (χ2n) is 11.7. The minimum absolute atomic E-state index is 1.16. The van der Waals surface area contributed by atoms with E-state index in [4.69, 9.17) is 0 Å². The highest BCUT2D eigenvalue weighted by molar-refractivity contribution is 7.26. The van der Waals surface area contributed by atoms with E-state index in [1.54, 1.807) is 0 Å². The zero-order valence-electron chi connectivity index (χ0n) is 24.2. The van der Waals surface area contributed by atoms with Gasteiger partial charge < -0.3 is 4.90 Å². The van der Waals surface area contributed by atoms with Crippen molar-refractivity contribution in [2.45, 2.75) is 0 Å². The molecule has 0 aliphatic carbocycles. The van der Waals surface area contributed by atoms with Gasteiger partial charge in [-0.2, -0.15) is 0 Å². The van der Waals surface area contributed by atoms with Crippen LogP contribution in [0.1, 0.15) is 0 Å². The Morgan fingerprint density at radius 3 is 1.67 bits per heavy atom. The lowest BCUT2D eigenvalue weighted by Crippen LogP contribution is -2.10. The number of benzene rings is 8. The standard InChI is InChI=1S/C42H25NS2/c1-2-10-29-26(9-1)17-20-31-30-11-3-4-12-32(30)38(25-36(29)31)43(27-19-22-41-37(23-27)34-14-6-8-16-40(34)44-41)28-18-21-35-33-13-5-7-15-39(33)45-42(35)24-28/h1-25H. The third-order valence-corrected chi connectivity index (χ3v) is 11.5. The van der Waals surface area contributed by atoms with Gasteiger partial charge in [0, 0.05) is 57.1 Å². The Morgan fingerprint density at radius 2 is 0.844 bits per heavy atom. The van der Waals surface area contributed by atoms with Gasteiger partial charge in [-0.25, -0.2) is 0 Å². The van der Waals surface area contributed by atoms with E-state index in [1.165, 1.54) is 78.3 Å². The molecule has 10 aromatic rings. The SMILES string of the molecule is c1ccc2c(c1)ccc1c3ccccc3c(N(c3ccc4c(c3)sc3ccccc34)c3ccc4sc5ccccc5c4c3)cc21. The molecule has 0 amide bonds. The maximum Gasteiger partial charge on any atom is 0.0546 e. The molecule has 0 aliphatic rings. The number of thiophene rings is 2. The van der Waals surface area contributed by atoms with E-state index in [0.29, 0.717) is 0 Å². The van der Waals surface area contributed by atoms with Crippen LogP contribution in [-0.2, 0) is 0 Å². The van der Waals surface area contributed by atoms with Crippen LogP contribution in [0.25, 0.3) is 72.7 Å². The van der Waals surface area contributed by atoms with Crippen LogP contribution in [0.2, 0.25) is 0 Å². The van der Waals surface area contributed by atoms with Crippen molar-refractivity contribution in [3.05, 3.63) is 152 Å². The summed E-state index contributed by atoms with van der Waals surface area (Å²) in [6.07, 6.45) is 0. The van der Waals surface area contributed by atoms with Gasteiger partial charge in [-0.15, -0.1) is 22.7 Å². The summed E-state index contributed by atoms with van der Waals surface area (Å²) in [7, 11) is 0. The molecule has 0 spiro atoms. The van der Waals surface area contributed by atoms with E-state index in [1.807, 2.05) is 22.7 Å². The topological polar surface area (TPSA) is 3.24 Å². The Hall–Kier alpha value is -5.22. The van der Waals surface area contributed by atoms with Crippen molar-refractivity contribution in [2.75, 3.05) is 4.90 Å². The van der Waals surface area contributed by atoms with Gasteiger partial charge in [0.25, 0.3) is 0 Å². The van der Waals surface area contributed by atoms with E-state index in [0.717, 1.165) is 11.4 Å². The van der Waals surface area contributed by atoms with Crippen LogP contribution in [-0.4, -0.2) is 0 Å². The molecule has 10 rings (SSSR count). The van der Waals surface area contributed by atoms with E-state index in [9.17, 15) is 0 Å². The minimum Gasteiger partial charge on any atom is -0.310 e.